The summed E-state index contributed by atoms with van der Waals surface area (Å²) in [6, 6.07) is 53.6. The molecule has 0 saturated heterocycles. The highest BCUT2D eigenvalue weighted by Crippen LogP contribution is 2.41. The average Bonchev–Trinajstić information content (AvgIpc) is 3.86. The number of nitrogens with zero attached hydrogens (tertiary/aromatic N) is 4. The molecule has 0 aliphatic heterocycles. The first kappa shape index (κ1) is 27.4. The Morgan fingerprint density at radius 1 is 0.411 bits per heavy atom. The predicted octanol–water partition coefficient (Wildman–Crippen LogP) is 13.7. The highest BCUT2D eigenvalue weighted by molar-refractivity contribution is 7.26. The van der Waals surface area contributed by atoms with E-state index >= 15 is 0 Å². The smallest absolute Gasteiger partial charge is 0.165 e. The van der Waals surface area contributed by atoms with E-state index in [1.165, 1.54) is 10.8 Å². The van der Waals surface area contributed by atoms with E-state index in [1.807, 2.05) is 54.6 Å². The van der Waals surface area contributed by atoms with Crippen molar-refractivity contribution in [3.05, 3.63) is 194 Å². The van der Waals surface area contributed by atoms with Crippen molar-refractivity contribution in [3.63, 3.8) is 0 Å². The van der Waals surface area contributed by atoms with Crippen LogP contribution in [0.15, 0.2) is 194 Å². The van der Waals surface area contributed by atoms with E-state index in [1.54, 1.807) is 23.5 Å². The van der Waals surface area contributed by atoms with Crippen molar-refractivity contribution >= 4 is 53.3 Å². The molecule has 0 aliphatic rings. The maximum Gasteiger partial charge on any atom is 0.165 e. The van der Waals surface area contributed by atoms with E-state index in [0.29, 0.717) is 28.6 Å². The lowest BCUT2D eigenvalue weighted by atomic mass is 9.99. The molecule has 0 fully saturated rings. The normalized spacial score (nSPS) is 12.8. The molecule has 0 radical (unpaired) electrons. The number of fused-ring (bicyclic) bond motifs is 6. The second kappa shape index (κ2) is 13.3. The first-order chi connectivity index (χ1) is 29.8. The van der Waals surface area contributed by atoms with Gasteiger partial charge in [0.15, 0.2) is 17.5 Å². The number of thiophene rings is 1. The van der Waals surface area contributed by atoms with Gasteiger partial charge in [0.25, 0.3) is 0 Å². The Hall–Kier alpha value is -7.21. The number of hydrogen-bond acceptors (Lipinski definition) is 4. The molecule has 0 bridgehead atoms. The summed E-state index contributed by atoms with van der Waals surface area (Å²) in [4.78, 5) is 15.3. The van der Waals surface area contributed by atoms with Gasteiger partial charge in [-0.3, -0.25) is 0 Å². The second-order valence-corrected chi connectivity index (χ2v) is 14.7. The lowest BCUT2D eigenvalue weighted by Gasteiger charge is -2.13. The summed E-state index contributed by atoms with van der Waals surface area (Å²) in [5.41, 5.74) is 8.14. The first-order valence-electron chi connectivity index (χ1n) is 20.9. The van der Waals surface area contributed by atoms with Gasteiger partial charge in [-0.1, -0.05) is 158 Å². The average molecular weight is 738 g/mol. The molecule has 0 unspecified atom stereocenters. The van der Waals surface area contributed by atoms with Crippen LogP contribution in [-0.2, 0) is 0 Å². The monoisotopic (exact) mass is 737 g/mol. The minimum Gasteiger partial charge on any atom is -0.309 e. The Bertz CT molecular complexity index is 3520. The fourth-order valence-corrected chi connectivity index (χ4v) is 8.98. The van der Waals surface area contributed by atoms with Crippen molar-refractivity contribution in [1.82, 2.24) is 19.5 Å². The van der Waals surface area contributed by atoms with Crippen LogP contribution in [0.5, 0.6) is 0 Å². The standard InChI is InChI=1S/C51H32N4S/c1-3-14-34(15-4-1)38-18-7-8-21-43(38)50-52-49(53-51(54-50)44-23-13-22-42-41-20-10-12-25-47(41)56-48(42)44)35-28-26-33(27-29-35)36-30-31-40-39-19-9-11-24-45(39)55(46(40)32-36)37-16-5-2-6-17-37/h1-32H/i1D,3D,4D,14D,15D. The summed E-state index contributed by atoms with van der Waals surface area (Å²) in [5.74, 6) is 1.24. The molecule has 56 heavy (non-hydrogen) atoms. The number of benzene rings is 8. The van der Waals surface area contributed by atoms with E-state index < -0.39 is 18.1 Å². The van der Waals surface area contributed by atoms with Gasteiger partial charge in [0, 0.05) is 53.3 Å². The van der Waals surface area contributed by atoms with Crippen LogP contribution >= 0.6 is 11.3 Å². The summed E-state index contributed by atoms with van der Waals surface area (Å²) in [6.45, 7) is 0. The number of aromatic nitrogens is 4. The van der Waals surface area contributed by atoms with Crippen molar-refractivity contribution in [2.75, 3.05) is 0 Å². The molecule has 3 aromatic heterocycles. The van der Waals surface area contributed by atoms with Crippen LogP contribution in [0.2, 0.25) is 0 Å². The number of hydrogen-bond donors (Lipinski definition) is 0. The molecule has 11 rings (SSSR count). The van der Waals surface area contributed by atoms with Crippen molar-refractivity contribution < 1.29 is 6.85 Å². The summed E-state index contributed by atoms with van der Waals surface area (Å²) >= 11 is 1.68. The third-order valence-corrected chi connectivity index (χ3v) is 11.6. The fraction of sp³-hybridized carbons (Fsp3) is 0. The Kier molecular flexibility index (Phi) is 6.49. The zero-order valence-corrected chi connectivity index (χ0v) is 30.6. The van der Waals surface area contributed by atoms with Crippen LogP contribution in [0.3, 0.4) is 0 Å². The van der Waals surface area contributed by atoms with E-state index in [0.717, 1.165) is 59.1 Å². The first-order valence-corrected chi connectivity index (χ1v) is 19.2. The fourth-order valence-electron chi connectivity index (χ4n) is 7.77. The summed E-state index contributed by atoms with van der Waals surface area (Å²) < 4.78 is 47.2. The molecule has 0 amide bonds. The molecule has 5 heteroatoms. The number of para-hydroxylation sites is 2. The van der Waals surface area contributed by atoms with Crippen molar-refractivity contribution in [1.29, 1.82) is 0 Å². The van der Waals surface area contributed by atoms with Crippen molar-refractivity contribution in [3.8, 4) is 62.1 Å². The minimum absolute atomic E-state index is 0.0874. The van der Waals surface area contributed by atoms with Crippen LogP contribution in [0.25, 0.3) is 104 Å². The molecule has 0 N–H and O–H groups in total. The van der Waals surface area contributed by atoms with Gasteiger partial charge in [0.2, 0.25) is 0 Å². The molecular weight excluding hydrogens is 701 g/mol. The Morgan fingerprint density at radius 3 is 1.86 bits per heavy atom. The summed E-state index contributed by atoms with van der Waals surface area (Å²) in [7, 11) is 0. The molecular formula is C51H32N4S. The quantitative estimate of drug-likeness (QED) is 0.171. The highest BCUT2D eigenvalue weighted by atomic mass is 32.1. The van der Waals surface area contributed by atoms with Gasteiger partial charge in [-0.05, 0) is 58.7 Å². The largest absolute Gasteiger partial charge is 0.309 e. The molecule has 0 saturated carbocycles. The van der Waals surface area contributed by atoms with Crippen molar-refractivity contribution in [2.24, 2.45) is 0 Å². The van der Waals surface area contributed by atoms with Crippen LogP contribution in [0.4, 0.5) is 0 Å². The molecule has 4 nitrogen and oxygen atoms in total. The van der Waals surface area contributed by atoms with Crippen LogP contribution < -0.4 is 0 Å². The van der Waals surface area contributed by atoms with E-state index in [4.69, 9.17) is 21.8 Å². The van der Waals surface area contributed by atoms with E-state index in [-0.39, 0.29) is 17.6 Å². The van der Waals surface area contributed by atoms with Gasteiger partial charge in [-0.2, -0.15) is 0 Å². The molecule has 3 heterocycles. The highest BCUT2D eigenvalue weighted by Gasteiger charge is 2.19. The number of rotatable bonds is 6. The minimum atomic E-state index is -0.445. The molecule has 0 spiro atoms. The summed E-state index contributed by atoms with van der Waals surface area (Å²) in [6.07, 6.45) is 0. The predicted molar refractivity (Wildman–Crippen MR) is 234 cm³/mol. The molecule has 0 aliphatic carbocycles. The van der Waals surface area contributed by atoms with Crippen LogP contribution in [0.1, 0.15) is 6.85 Å². The van der Waals surface area contributed by atoms with Crippen LogP contribution in [0, 0.1) is 0 Å². The van der Waals surface area contributed by atoms with Gasteiger partial charge < -0.3 is 4.57 Å². The topological polar surface area (TPSA) is 43.6 Å². The third kappa shape index (κ3) is 5.40. The summed E-state index contributed by atoms with van der Waals surface area (Å²) in [5, 5.41) is 4.64. The lowest BCUT2D eigenvalue weighted by Crippen LogP contribution is -2.01. The molecule has 11 aromatic rings. The Balaban J connectivity index is 1.08. The SMILES string of the molecule is [2H]c1c([2H])c([2H])c(-c2ccccc2-c2nc(-c3ccc(-c4ccc5c6ccccc6n(-c6ccccc6)c5c4)cc3)nc(-c3cccc4c3sc3ccccc34)n2)c([2H])c1[2H]. The third-order valence-electron chi connectivity index (χ3n) is 10.4. The second-order valence-electron chi connectivity index (χ2n) is 13.6. The van der Waals surface area contributed by atoms with Gasteiger partial charge in [0.05, 0.1) is 17.9 Å². The van der Waals surface area contributed by atoms with Crippen LogP contribution in [-0.4, -0.2) is 19.5 Å². The molecule has 262 valence electrons. The zero-order valence-electron chi connectivity index (χ0n) is 34.8. The van der Waals surface area contributed by atoms with E-state index in [9.17, 15) is 0 Å². The zero-order chi connectivity index (χ0) is 41.4. The maximum absolute atomic E-state index is 8.82. The Morgan fingerprint density at radius 2 is 1.02 bits per heavy atom. The van der Waals surface area contributed by atoms with Gasteiger partial charge in [-0.15, -0.1) is 11.3 Å². The lowest BCUT2D eigenvalue weighted by molar-refractivity contribution is 1.08. The molecule has 8 aromatic carbocycles. The van der Waals surface area contributed by atoms with Gasteiger partial charge >= 0.3 is 0 Å². The molecule has 0 atom stereocenters. The van der Waals surface area contributed by atoms with Crippen molar-refractivity contribution in [2.45, 2.75) is 0 Å². The maximum atomic E-state index is 8.82. The van der Waals surface area contributed by atoms with Gasteiger partial charge in [0.1, 0.15) is 0 Å². The van der Waals surface area contributed by atoms with Gasteiger partial charge in [-0.25, -0.2) is 15.0 Å². The Labute approximate surface area is 334 Å². The van der Waals surface area contributed by atoms with E-state index in [2.05, 4.69) is 102 Å².